The number of aromatic nitrogens is 5. The van der Waals surface area contributed by atoms with Crippen molar-refractivity contribution in [3.63, 3.8) is 0 Å². The molecule has 2 aromatic carbocycles. The highest BCUT2D eigenvalue weighted by Crippen LogP contribution is 2.23. The van der Waals surface area contributed by atoms with E-state index in [0.29, 0.717) is 18.0 Å². The van der Waals surface area contributed by atoms with Crippen LogP contribution in [0, 0.1) is 4.77 Å². The van der Waals surface area contributed by atoms with E-state index in [4.69, 9.17) is 21.7 Å². The number of morpholine rings is 1. The molecule has 3 heterocycles. The molecule has 1 N–H and O–H groups in total. The number of H-pyrrole nitrogens is 1. The van der Waals surface area contributed by atoms with E-state index < -0.39 is 0 Å². The molecule has 5 rings (SSSR count). The van der Waals surface area contributed by atoms with Crippen LogP contribution in [0.2, 0.25) is 0 Å². The summed E-state index contributed by atoms with van der Waals surface area (Å²) in [6.07, 6.45) is 0. The quantitative estimate of drug-likeness (QED) is 0.467. The summed E-state index contributed by atoms with van der Waals surface area (Å²) in [6, 6.07) is 15.9. The summed E-state index contributed by atoms with van der Waals surface area (Å²) in [5.41, 5.74) is 2.99. The Morgan fingerprint density at radius 3 is 2.65 bits per heavy atom. The molecular weight excluding hydrogens is 412 g/mol. The number of fused-ring (bicyclic) bond motifs is 1. The Kier molecular flexibility index (Phi) is 5.54. The second-order valence-electron chi connectivity index (χ2n) is 7.54. The van der Waals surface area contributed by atoms with E-state index in [1.807, 2.05) is 64.8 Å². The number of rotatable bonds is 6. The SMILES string of the molecule is Cn1c(COc2ccc(-c3nc4ccccc4[nH]3)cc2)nn(CN2CCOCC2)c1=S. The van der Waals surface area contributed by atoms with E-state index in [2.05, 4.69) is 20.0 Å². The van der Waals surface area contributed by atoms with Gasteiger partial charge in [0.15, 0.2) is 10.6 Å². The van der Waals surface area contributed by atoms with Crippen molar-refractivity contribution < 1.29 is 9.47 Å². The minimum absolute atomic E-state index is 0.347. The Bertz CT molecular complexity index is 1200. The molecule has 0 atom stereocenters. The van der Waals surface area contributed by atoms with Crippen LogP contribution in [0.3, 0.4) is 0 Å². The van der Waals surface area contributed by atoms with Crippen molar-refractivity contribution >= 4 is 23.3 Å². The number of hydrogen-bond acceptors (Lipinski definition) is 6. The van der Waals surface area contributed by atoms with Gasteiger partial charge in [0, 0.05) is 25.7 Å². The molecule has 0 spiro atoms. The number of benzene rings is 2. The molecule has 1 saturated heterocycles. The van der Waals surface area contributed by atoms with Crippen molar-refractivity contribution in [2.45, 2.75) is 13.3 Å². The number of aromatic amines is 1. The highest BCUT2D eigenvalue weighted by atomic mass is 32.1. The van der Waals surface area contributed by atoms with Crippen LogP contribution >= 0.6 is 12.2 Å². The lowest BCUT2D eigenvalue weighted by Crippen LogP contribution is -2.37. The molecule has 1 fully saturated rings. The predicted octanol–water partition coefficient (Wildman–Crippen LogP) is 3.36. The molecule has 0 bridgehead atoms. The van der Waals surface area contributed by atoms with Gasteiger partial charge in [0.2, 0.25) is 0 Å². The third-order valence-electron chi connectivity index (χ3n) is 5.45. The minimum atomic E-state index is 0.347. The van der Waals surface area contributed by atoms with Crippen molar-refractivity contribution in [1.29, 1.82) is 0 Å². The summed E-state index contributed by atoms with van der Waals surface area (Å²) in [5.74, 6) is 2.41. The predicted molar refractivity (Wildman–Crippen MR) is 120 cm³/mol. The molecule has 1 aliphatic heterocycles. The lowest BCUT2D eigenvalue weighted by Gasteiger charge is -2.26. The number of para-hydroxylation sites is 2. The highest BCUT2D eigenvalue weighted by molar-refractivity contribution is 7.71. The van der Waals surface area contributed by atoms with Crippen LogP contribution in [-0.4, -0.2) is 55.5 Å². The molecule has 9 heteroatoms. The van der Waals surface area contributed by atoms with E-state index in [1.54, 1.807) is 0 Å². The molecule has 1 aliphatic rings. The van der Waals surface area contributed by atoms with Gasteiger partial charge in [0.1, 0.15) is 18.2 Å². The fourth-order valence-corrected chi connectivity index (χ4v) is 3.83. The fourth-order valence-electron chi connectivity index (χ4n) is 3.63. The maximum atomic E-state index is 5.97. The van der Waals surface area contributed by atoms with E-state index in [1.165, 1.54) is 0 Å². The van der Waals surface area contributed by atoms with Crippen LogP contribution in [0.5, 0.6) is 5.75 Å². The van der Waals surface area contributed by atoms with E-state index in [9.17, 15) is 0 Å². The van der Waals surface area contributed by atoms with Gasteiger partial charge in [-0.25, -0.2) is 9.67 Å². The second kappa shape index (κ2) is 8.62. The van der Waals surface area contributed by atoms with Gasteiger partial charge in [-0.05, 0) is 48.6 Å². The third-order valence-corrected chi connectivity index (χ3v) is 5.94. The Morgan fingerprint density at radius 1 is 1.10 bits per heavy atom. The molecule has 2 aromatic heterocycles. The van der Waals surface area contributed by atoms with Crippen LogP contribution in [0.4, 0.5) is 0 Å². The summed E-state index contributed by atoms with van der Waals surface area (Å²) in [7, 11) is 1.93. The Hall–Kier alpha value is -3.01. The third kappa shape index (κ3) is 4.25. The molecular formula is C22H24N6O2S. The van der Waals surface area contributed by atoms with Crippen molar-refractivity contribution in [1.82, 2.24) is 29.2 Å². The van der Waals surface area contributed by atoms with Gasteiger partial charge in [0.05, 0.1) is 30.9 Å². The van der Waals surface area contributed by atoms with Crippen LogP contribution in [0.25, 0.3) is 22.4 Å². The van der Waals surface area contributed by atoms with Gasteiger partial charge in [-0.2, -0.15) is 5.10 Å². The molecule has 160 valence electrons. The zero-order valence-electron chi connectivity index (χ0n) is 17.3. The molecule has 31 heavy (non-hydrogen) atoms. The number of nitrogens with one attached hydrogen (secondary N) is 1. The minimum Gasteiger partial charge on any atom is -0.486 e. The van der Waals surface area contributed by atoms with Gasteiger partial charge in [-0.3, -0.25) is 4.90 Å². The molecule has 8 nitrogen and oxygen atoms in total. The average Bonchev–Trinajstić information content (AvgIpc) is 3.36. The van der Waals surface area contributed by atoms with Crippen molar-refractivity contribution in [3.05, 3.63) is 59.1 Å². The van der Waals surface area contributed by atoms with E-state index >= 15 is 0 Å². The van der Waals surface area contributed by atoms with Crippen molar-refractivity contribution in [3.8, 4) is 17.1 Å². The lowest BCUT2D eigenvalue weighted by molar-refractivity contribution is 0.0208. The van der Waals surface area contributed by atoms with Gasteiger partial charge in [0.25, 0.3) is 0 Å². The molecule has 0 unspecified atom stereocenters. The normalized spacial score (nSPS) is 14.9. The number of nitrogens with zero attached hydrogens (tertiary/aromatic N) is 5. The zero-order valence-corrected chi connectivity index (χ0v) is 18.1. The monoisotopic (exact) mass is 436 g/mol. The average molecular weight is 437 g/mol. The van der Waals surface area contributed by atoms with Crippen molar-refractivity contribution in [2.24, 2.45) is 7.05 Å². The van der Waals surface area contributed by atoms with Gasteiger partial charge >= 0.3 is 0 Å². The maximum Gasteiger partial charge on any atom is 0.198 e. The first-order valence-electron chi connectivity index (χ1n) is 10.3. The highest BCUT2D eigenvalue weighted by Gasteiger charge is 2.14. The summed E-state index contributed by atoms with van der Waals surface area (Å²) in [5, 5.41) is 4.66. The fraction of sp³-hybridized carbons (Fsp3) is 0.318. The standard InChI is InChI=1S/C22H24N6O2S/c1-26-20(25-28(22(26)31)15-27-10-12-29-13-11-27)14-30-17-8-6-16(7-9-17)21-23-18-4-2-3-5-19(18)24-21/h2-9H,10-15H2,1H3,(H,23,24). The molecule has 0 aliphatic carbocycles. The van der Waals surface area contributed by atoms with Crippen LogP contribution < -0.4 is 4.74 Å². The molecule has 4 aromatic rings. The Morgan fingerprint density at radius 2 is 1.87 bits per heavy atom. The number of imidazole rings is 1. The van der Waals surface area contributed by atoms with Crippen LogP contribution in [0.1, 0.15) is 5.82 Å². The maximum absolute atomic E-state index is 5.97. The number of hydrogen-bond donors (Lipinski definition) is 1. The smallest absolute Gasteiger partial charge is 0.198 e. The molecule has 0 radical (unpaired) electrons. The Labute approximate surface area is 185 Å². The summed E-state index contributed by atoms with van der Waals surface area (Å²) in [4.78, 5) is 10.3. The zero-order chi connectivity index (χ0) is 21.2. The lowest BCUT2D eigenvalue weighted by atomic mass is 10.2. The second-order valence-corrected chi connectivity index (χ2v) is 7.91. The van der Waals surface area contributed by atoms with Crippen molar-refractivity contribution in [2.75, 3.05) is 26.3 Å². The largest absolute Gasteiger partial charge is 0.486 e. The number of ether oxygens (including phenoxy) is 2. The van der Waals surface area contributed by atoms with E-state index in [-0.39, 0.29) is 0 Å². The summed E-state index contributed by atoms with van der Waals surface area (Å²) < 4.78 is 15.8. The topological polar surface area (TPSA) is 73.1 Å². The van der Waals surface area contributed by atoms with Gasteiger partial charge in [-0.15, -0.1) is 0 Å². The van der Waals surface area contributed by atoms with Gasteiger partial charge in [-0.1, -0.05) is 12.1 Å². The Balaban J connectivity index is 1.25. The van der Waals surface area contributed by atoms with Crippen LogP contribution in [0.15, 0.2) is 48.5 Å². The van der Waals surface area contributed by atoms with Gasteiger partial charge < -0.3 is 19.0 Å². The first kappa shape index (κ1) is 19.9. The van der Waals surface area contributed by atoms with Crippen LogP contribution in [-0.2, 0) is 25.1 Å². The first-order valence-corrected chi connectivity index (χ1v) is 10.7. The van der Waals surface area contributed by atoms with E-state index in [0.717, 1.165) is 60.3 Å². The first-order chi connectivity index (χ1) is 15.2. The summed E-state index contributed by atoms with van der Waals surface area (Å²) in [6.45, 7) is 4.30. The molecule has 0 amide bonds. The molecule has 0 saturated carbocycles. The summed E-state index contributed by atoms with van der Waals surface area (Å²) >= 11 is 5.55.